The third-order valence-electron chi connectivity index (χ3n) is 4.97. The van der Waals surface area contributed by atoms with E-state index in [0.717, 1.165) is 44.4 Å². The van der Waals surface area contributed by atoms with E-state index < -0.39 is 6.10 Å². The van der Waals surface area contributed by atoms with Crippen molar-refractivity contribution in [2.24, 2.45) is 0 Å². The van der Waals surface area contributed by atoms with Gasteiger partial charge < -0.3 is 20.5 Å². The molecule has 132 valence electrons. The predicted octanol–water partition coefficient (Wildman–Crippen LogP) is 2.74. The number of nitrogens with two attached hydrogens (primary N) is 1. The number of amides is 1. The molecule has 1 fully saturated rings. The Bertz CT molecular complexity index is 570. The van der Waals surface area contributed by atoms with Crippen molar-refractivity contribution in [3.8, 4) is 0 Å². The molecule has 0 aromatic heterocycles. The van der Waals surface area contributed by atoms with Crippen molar-refractivity contribution >= 4 is 11.6 Å². The highest BCUT2D eigenvalue weighted by molar-refractivity contribution is 5.80. The average molecular weight is 332 g/mol. The number of benzene rings is 1. The van der Waals surface area contributed by atoms with Crippen molar-refractivity contribution < 1.29 is 14.3 Å². The average Bonchev–Trinajstić information content (AvgIpc) is 2.60. The molecule has 0 radical (unpaired) electrons. The summed E-state index contributed by atoms with van der Waals surface area (Å²) in [6, 6.07) is 6.02. The molecule has 0 saturated carbocycles. The molecule has 3 N–H and O–H groups in total. The summed E-state index contributed by atoms with van der Waals surface area (Å²) in [7, 11) is 0. The van der Waals surface area contributed by atoms with Crippen LogP contribution in [0.1, 0.15) is 56.2 Å². The number of fused-ring (bicyclic) bond motifs is 1. The van der Waals surface area contributed by atoms with E-state index in [-0.39, 0.29) is 18.1 Å². The molecule has 0 bridgehead atoms. The molecule has 3 atom stereocenters. The van der Waals surface area contributed by atoms with E-state index in [0.29, 0.717) is 6.61 Å². The summed E-state index contributed by atoms with van der Waals surface area (Å²) < 4.78 is 11.4. The van der Waals surface area contributed by atoms with Gasteiger partial charge in [0.25, 0.3) is 0 Å². The fourth-order valence-electron chi connectivity index (χ4n) is 3.54. The predicted molar refractivity (Wildman–Crippen MR) is 93.7 cm³/mol. The van der Waals surface area contributed by atoms with Crippen molar-refractivity contribution in [3.05, 3.63) is 29.3 Å². The molecule has 3 rings (SSSR count). The summed E-state index contributed by atoms with van der Waals surface area (Å²) >= 11 is 0. The van der Waals surface area contributed by atoms with Crippen LogP contribution in [0, 0.1) is 0 Å². The molecule has 5 heteroatoms. The van der Waals surface area contributed by atoms with Gasteiger partial charge in [0.2, 0.25) is 5.91 Å². The van der Waals surface area contributed by atoms with Gasteiger partial charge in [-0.2, -0.15) is 0 Å². The van der Waals surface area contributed by atoms with Crippen LogP contribution in [0.3, 0.4) is 0 Å². The number of ether oxygens (including phenoxy) is 2. The first-order valence-electron chi connectivity index (χ1n) is 9.05. The lowest BCUT2D eigenvalue weighted by Gasteiger charge is -2.28. The van der Waals surface area contributed by atoms with Gasteiger partial charge in [0.1, 0.15) is 6.10 Å². The van der Waals surface area contributed by atoms with Gasteiger partial charge in [-0.1, -0.05) is 6.07 Å². The number of aryl methyl sites for hydroxylation is 1. The normalized spacial score (nSPS) is 24.9. The quantitative estimate of drug-likeness (QED) is 0.813. The zero-order valence-corrected chi connectivity index (χ0v) is 14.4. The molecule has 0 spiro atoms. The fraction of sp³-hybridized carbons (Fsp3) is 0.632. The van der Waals surface area contributed by atoms with Gasteiger partial charge in [-0.3, -0.25) is 4.79 Å². The maximum atomic E-state index is 12.5. The number of nitrogens with one attached hydrogen (secondary N) is 1. The van der Waals surface area contributed by atoms with Crippen molar-refractivity contribution in [2.45, 2.75) is 63.7 Å². The minimum absolute atomic E-state index is 0.0545. The van der Waals surface area contributed by atoms with Crippen molar-refractivity contribution in [3.63, 3.8) is 0 Å². The van der Waals surface area contributed by atoms with E-state index in [4.69, 9.17) is 15.2 Å². The Morgan fingerprint density at radius 2 is 2.25 bits per heavy atom. The van der Waals surface area contributed by atoms with Crippen molar-refractivity contribution in [1.29, 1.82) is 0 Å². The first-order valence-corrected chi connectivity index (χ1v) is 9.05. The van der Waals surface area contributed by atoms with E-state index in [1.54, 1.807) is 0 Å². The number of anilines is 1. The standard InChI is InChI=1S/C19H28N2O3/c1-13(24-12-16-6-2-3-10-23-16)19(22)21-18-7-4-5-14-11-15(20)8-9-17(14)18/h8-9,11,13,16,18H,2-7,10,12,20H2,1H3,(H,21,22). The molecule has 1 aromatic rings. The van der Waals surface area contributed by atoms with Gasteiger partial charge >= 0.3 is 0 Å². The summed E-state index contributed by atoms with van der Waals surface area (Å²) in [5, 5.41) is 3.14. The monoisotopic (exact) mass is 332 g/mol. The third-order valence-corrected chi connectivity index (χ3v) is 4.97. The number of nitrogen functional groups attached to an aromatic ring is 1. The molecule has 1 heterocycles. The summed E-state index contributed by atoms with van der Waals surface area (Å²) in [4.78, 5) is 12.5. The lowest BCUT2D eigenvalue weighted by Crippen LogP contribution is -2.39. The van der Waals surface area contributed by atoms with Crippen LogP contribution in [0.15, 0.2) is 18.2 Å². The zero-order valence-electron chi connectivity index (χ0n) is 14.4. The lowest BCUT2D eigenvalue weighted by molar-refractivity contribution is -0.136. The summed E-state index contributed by atoms with van der Waals surface area (Å²) in [6.45, 7) is 3.11. The molecule has 24 heavy (non-hydrogen) atoms. The van der Waals surface area contributed by atoms with Gasteiger partial charge in [-0.05, 0) is 68.7 Å². The van der Waals surface area contributed by atoms with Crippen LogP contribution in [0.2, 0.25) is 0 Å². The van der Waals surface area contributed by atoms with Crippen LogP contribution in [0.4, 0.5) is 5.69 Å². The Balaban J connectivity index is 1.53. The number of rotatable bonds is 5. The summed E-state index contributed by atoms with van der Waals surface area (Å²) in [5.74, 6) is -0.0551. The Morgan fingerprint density at radius 3 is 3.04 bits per heavy atom. The van der Waals surface area contributed by atoms with E-state index >= 15 is 0 Å². The Labute approximate surface area is 143 Å². The Morgan fingerprint density at radius 1 is 1.38 bits per heavy atom. The van der Waals surface area contributed by atoms with E-state index in [1.165, 1.54) is 17.5 Å². The molecule has 1 aliphatic heterocycles. The topological polar surface area (TPSA) is 73.6 Å². The SMILES string of the molecule is CC(OCC1CCCCO1)C(=O)NC1CCCc2cc(N)ccc21. The molecule has 1 saturated heterocycles. The number of carbonyl (C=O) groups is 1. The van der Waals surface area contributed by atoms with E-state index in [9.17, 15) is 4.79 Å². The fourth-order valence-corrected chi connectivity index (χ4v) is 3.54. The van der Waals surface area contributed by atoms with Gasteiger partial charge in [-0.25, -0.2) is 0 Å². The molecular weight excluding hydrogens is 304 g/mol. The molecule has 1 amide bonds. The molecular formula is C19H28N2O3. The van der Waals surface area contributed by atoms with Gasteiger partial charge in [0.05, 0.1) is 18.8 Å². The second-order valence-corrected chi connectivity index (χ2v) is 6.88. The maximum absolute atomic E-state index is 12.5. The summed E-state index contributed by atoms with van der Waals surface area (Å²) in [5.41, 5.74) is 9.08. The van der Waals surface area contributed by atoms with Gasteiger partial charge in [0, 0.05) is 12.3 Å². The van der Waals surface area contributed by atoms with E-state index in [1.807, 2.05) is 25.1 Å². The van der Waals surface area contributed by atoms with Crippen LogP contribution in [-0.2, 0) is 20.7 Å². The summed E-state index contributed by atoms with van der Waals surface area (Å²) in [6.07, 6.45) is 6.04. The first kappa shape index (κ1) is 17.2. The largest absolute Gasteiger partial charge is 0.399 e. The maximum Gasteiger partial charge on any atom is 0.249 e. The van der Waals surface area contributed by atoms with Crippen LogP contribution < -0.4 is 11.1 Å². The highest BCUT2D eigenvalue weighted by atomic mass is 16.5. The highest BCUT2D eigenvalue weighted by Gasteiger charge is 2.25. The molecule has 5 nitrogen and oxygen atoms in total. The van der Waals surface area contributed by atoms with Crippen LogP contribution >= 0.6 is 0 Å². The third kappa shape index (κ3) is 4.28. The van der Waals surface area contributed by atoms with Gasteiger partial charge in [0.15, 0.2) is 0 Å². The minimum atomic E-state index is -0.463. The Kier molecular flexibility index (Phi) is 5.74. The van der Waals surface area contributed by atoms with Gasteiger partial charge in [-0.15, -0.1) is 0 Å². The molecule has 1 aliphatic carbocycles. The van der Waals surface area contributed by atoms with Crippen LogP contribution in [-0.4, -0.2) is 31.3 Å². The first-order chi connectivity index (χ1) is 11.6. The Hall–Kier alpha value is -1.59. The molecule has 1 aromatic carbocycles. The smallest absolute Gasteiger partial charge is 0.249 e. The molecule has 2 aliphatic rings. The molecule has 3 unspecified atom stereocenters. The second kappa shape index (κ2) is 7.99. The second-order valence-electron chi connectivity index (χ2n) is 6.88. The van der Waals surface area contributed by atoms with Crippen molar-refractivity contribution in [2.75, 3.05) is 18.9 Å². The zero-order chi connectivity index (χ0) is 16.9. The number of hydrogen-bond donors (Lipinski definition) is 2. The van der Waals surface area contributed by atoms with Crippen LogP contribution in [0.25, 0.3) is 0 Å². The van der Waals surface area contributed by atoms with E-state index in [2.05, 4.69) is 5.32 Å². The minimum Gasteiger partial charge on any atom is -0.399 e. The number of hydrogen-bond acceptors (Lipinski definition) is 4. The highest BCUT2D eigenvalue weighted by Crippen LogP contribution is 2.31. The van der Waals surface area contributed by atoms with Crippen molar-refractivity contribution in [1.82, 2.24) is 5.32 Å². The number of carbonyl (C=O) groups excluding carboxylic acids is 1. The van der Waals surface area contributed by atoms with Crippen LogP contribution in [0.5, 0.6) is 0 Å². The lowest BCUT2D eigenvalue weighted by atomic mass is 9.87.